The van der Waals surface area contributed by atoms with Crippen LogP contribution in [-0.4, -0.2) is 44.9 Å². The predicted octanol–water partition coefficient (Wildman–Crippen LogP) is 7.49. The highest BCUT2D eigenvalue weighted by Gasteiger charge is 2.66. The number of hydrogen-bond donors (Lipinski definition) is 3. The van der Waals surface area contributed by atoms with Crippen LogP contribution in [0, 0.1) is 34.0 Å². The normalized spacial score (nSPS) is 12.2. The fourth-order valence-electron chi connectivity index (χ4n) is 6.08. The molecule has 0 amide bonds. The molecule has 0 aliphatic heterocycles. The summed E-state index contributed by atoms with van der Waals surface area (Å²) >= 11 is 0. The molecule has 0 aliphatic rings. The topological polar surface area (TPSA) is 210 Å². The lowest BCUT2D eigenvalue weighted by atomic mass is 10.1. The first-order valence-corrected chi connectivity index (χ1v) is 23.6. The molecule has 0 heterocycles. The first-order valence-electron chi connectivity index (χ1n) is 19.2. The molecule has 12 nitrogen and oxygen atoms in total. The summed E-state index contributed by atoms with van der Waals surface area (Å²) in [6, 6.07) is 13.2. The number of hydrogen-bond acceptors (Lipinski definition) is 9. The van der Waals surface area contributed by atoms with Crippen molar-refractivity contribution in [3.05, 3.63) is 35.9 Å². The minimum Gasteiger partial charge on any atom is -0.213 e. The number of unbranched alkanes of at least 4 members (excludes halogenated alkanes) is 21. The van der Waals surface area contributed by atoms with Crippen LogP contribution in [0.3, 0.4) is 0 Å². The summed E-state index contributed by atoms with van der Waals surface area (Å²) in [4.78, 5) is 0. The fraction of sp³-hybridized carbons (Fsp3) is 0.757. The van der Waals surface area contributed by atoms with Gasteiger partial charge in [-0.2, -0.15) is 15.8 Å². The quantitative estimate of drug-likeness (QED) is 0.0591. The molecule has 0 saturated carbocycles. The molecule has 1 rings (SSSR count). The Hall–Kier alpha value is -2.58. The van der Waals surface area contributed by atoms with E-state index in [1.807, 2.05) is 0 Å². The molecular formula is C37H62N6O6S3. The van der Waals surface area contributed by atoms with Crippen molar-refractivity contribution in [1.29, 1.82) is 15.8 Å². The van der Waals surface area contributed by atoms with E-state index in [1.54, 1.807) is 6.07 Å². The van der Waals surface area contributed by atoms with Crippen molar-refractivity contribution in [3.8, 4) is 18.2 Å². The largest absolute Gasteiger partial charge is 0.337 e. The molecule has 1 aromatic carbocycles. The summed E-state index contributed by atoms with van der Waals surface area (Å²) in [6.07, 6.45) is 18.3. The standard InChI is InChI=1S/C37H62N6O6S3/c38-30-22-13-7-1-4-10-16-25-33-41-50(44,45)37(36-28-20-19-21-29-36,51(46,47)42-34-26-17-11-5-2-8-14-23-31-39)52(48,49)43-35-27-18-12-6-3-9-15-24-32-40/h19-21,28-29,41-43H,1-18,22-27,33-35H2. The predicted molar refractivity (Wildman–Crippen MR) is 207 cm³/mol. The lowest BCUT2D eigenvalue weighted by molar-refractivity contribution is 0.524. The third-order valence-corrected chi connectivity index (χ3v) is 17.5. The molecule has 0 aliphatic carbocycles. The van der Waals surface area contributed by atoms with Crippen LogP contribution in [0.15, 0.2) is 30.3 Å². The van der Waals surface area contributed by atoms with Crippen LogP contribution in [0.25, 0.3) is 0 Å². The summed E-state index contributed by atoms with van der Waals surface area (Å²) in [6.45, 7) is -0.378. The Morgan fingerprint density at radius 2 is 0.654 bits per heavy atom. The number of nitriles is 3. The van der Waals surface area contributed by atoms with Crippen molar-refractivity contribution in [1.82, 2.24) is 14.2 Å². The summed E-state index contributed by atoms with van der Waals surface area (Å²) in [5.74, 6) is 0. The second-order valence-electron chi connectivity index (χ2n) is 13.3. The van der Waals surface area contributed by atoms with Gasteiger partial charge in [-0.3, -0.25) is 0 Å². The molecule has 3 N–H and O–H groups in total. The average Bonchev–Trinajstić information content (AvgIpc) is 3.11. The van der Waals surface area contributed by atoms with Gasteiger partial charge in [-0.05, 0) is 38.5 Å². The van der Waals surface area contributed by atoms with E-state index in [1.165, 1.54) is 24.3 Å². The highest BCUT2D eigenvalue weighted by atomic mass is 32.3. The number of rotatable bonds is 34. The maximum absolute atomic E-state index is 14.3. The van der Waals surface area contributed by atoms with E-state index in [4.69, 9.17) is 15.8 Å². The Bertz CT molecular complexity index is 1400. The van der Waals surface area contributed by atoms with Crippen LogP contribution in [0.4, 0.5) is 0 Å². The molecule has 0 radical (unpaired) electrons. The summed E-state index contributed by atoms with van der Waals surface area (Å²) in [5.41, 5.74) is -0.394. The Morgan fingerprint density at radius 1 is 0.404 bits per heavy atom. The third kappa shape index (κ3) is 17.0. The zero-order valence-electron chi connectivity index (χ0n) is 31.0. The van der Waals surface area contributed by atoms with Crippen LogP contribution >= 0.6 is 0 Å². The van der Waals surface area contributed by atoms with Gasteiger partial charge in [0.05, 0.1) is 18.2 Å². The third-order valence-electron chi connectivity index (χ3n) is 8.96. The molecule has 294 valence electrons. The van der Waals surface area contributed by atoms with Crippen LogP contribution in [0.5, 0.6) is 0 Å². The molecule has 0 spiro atoms. The zero-order chi connectivity index (χ0) is 38.4. The van der Waals surface area contributed by atoms with Crippen molar-refractivity contribution in [2.24, 2.45) is 0 Å². The van der Waals surface area contributed by atoms with Crippen molar-refractivity contribution in [2.75, 3.05) is 19.6 Å². The van der Waals surface area contributed by atoms with E-state index in [0.717, 1.165) is 96.3 Å². The molecule has 1 aromatic rings. The second-order valence-corrected chi connectivity index (χ2v) is 19.8. The van der Waals surface area contributed by atoms with Gasteiger partial charge in [-0.1, -0.05) is 127 Å². The first-order chi connectivity index (χ1) is 25.0. The molecule has 0 aromatic heterocycles. The Balaban J connectivity index is 3.15. The molecule has 0 saturated heterocycles. The lowest BCUT2D eigenvalue weighted by Crippen LogP contribution is -2.61. The monoisotopic (exact) mass is 782 g/mol. The number of benzene rings is 1. The number of nitrogens with zero attached hydrogens (tertiary/aromatic N) is 3. The Labute approximate surface area is 315 Å². The van der Waals surface area contributed by atoms with Crippen LogP contribution < -0.4 is 14.2 Å². The van der Waals surface area contributed by atoms with Crippen LogP contribution in [0.2, 0.25) is 0 Å². The molecule has 15 heteroatoms. The van der Waals surface area contributed by atoms with Gasteiger partial charge in [0, 0.05) is 44.5 Å². The molecule has 0 bridgehead atoms. The first kappa shape index (κ1) is 47.4. The average molecular weight is 783 g/mol. The smallest absolute Gasteiger partial charge is 0.213 e. The maximum atomic E-state index is 14.3. The van der Waals surface area contributed by atoms with Crippen LogP contribution in [-0.2, 0) is 33.5 Å². The van der Waals surface area contributed by atoms with Gasteiger partial charge in [0.15, 0.2) is 0 Å². The van der Waals surface area contributed by atoms with Gasteiger partial charge >= 0.3 is 3.41 Å². The van der Waals surface area contributed by atoms with Crippen molar-refractivity contribution >= 4 is 30.1 Å². The van der Waals surface area contributed by atoms with E-state index >= 15 is 0 Å². The van der Waals surface area contributed by atoms with Gasteiger partial charge < -0.3 is 0 Å². The summed E-state index contributed by atoms with van der Waals surface area (Å²) in [5, 5.41) is 26.0. The minimum absolute atomic E-state index is 0.126. The van der Waals surface area contributed by atoms with E-state index in [9.17, 15) is 25.3 Å². The zero-order valence-corrected chi connectivity index (χ0v) is 33.4. The van der Waals surface area contributed by atoms with Crippen LogP contribution in [0.1, 0.15) is 160 Å². The lowest BCUT2D eigenvalue weighted by Gasteiger charge is -2.33. The Morgan fingerprint density at radius 3 is 0.923 bits per heavy atom. The molecule has 52 heavy (non-hydrogen) atoms. The highest BCUT2D eigenvalue weighted by molar-refractivity contribution is 8.23. The molecular weight excluding hydrogens is 721 g/mol. The van der Waals surface area contributed by atoms with E-state index in [2.05, 4.69) is 32.4 Å². The molecule has 0 atom stereocenters. The fourth-order valence-corrected chi connectivity index (χ4v) is 13.8. The summed E-state index contributed by atoms with van der Waals surface area (Å²) < 4.78 is 89.7. The highest BCUT2D eigenvalue weighted by Crippen LogP contribution is 2.40. The van der Waals surface area contributed by atoms with E-state index in [0.29, 0.717) is 57.8 Å². The number of sulfonamides is 3. The molecule has 0 fully saturated rings. The SMILES string of the molecule is N#CCCCCCCCCCNS(=O)(=O)C(c1ccccc1)(S(=O)(=O)NCCCCCCCCCC#N)S(=O)(=O)NCCCCCCCCCC#N. The minimum atomic E-state index is -5.11. The van der Waals surface area contributed by atoms with Crippen molar-refractivity contribution in [2.45, 2.75) is 158 Å². The van der Waals surface area contributed by atoms with Gasteiger partial charge in [-0.15, -0.1) is 0 Å². The van der Waals surface area contributed by atoms with Gasteiger partial charge in [-0.25, -0.2) is 39.4 Å². The number of nitrogens with one attached hydrogen (secondary N) is 3. The molecule has 0 unspecified atom stereocenters. The Kier molecular flexibility index (Phi) is 25.5. The van der Waals surface area contributed by atoms with Gasteiger partial charge in [0.2, 0.25) is 0 Å². The van der Waals surface area contributed by atoms with Crippen molar-refractivity contribution < 1.29 is 25.3 Å². The summed E-state index contributed by atoms with van der Waals surface area (Å²) in [7, 11) is -15.3. The van der Waals surface area contributed by atoms with E-state index in [-0.39, 0.29) is 19.6 Å². The van der Waals surface area contributed by atoms with E-state index < -0.39 is 39.0 Å². The van der Waals surface area contributed by atoms with Gasteiger partial charge in [0.1, 0.15) is 0 Å². The van der Waals surface area contributed by atoms with Crippen molar-refractivity contribution in [3.63, 3.8) is 0 Å². The second kappa shape index (κ2) is 27.9. The maximum Gasteiger partial charge on any atom is 0.337 e. The van der Waals surface area contributed by atoms with Gasteiger partial charge in [0.25, 0.3) is 30.1 Å².